The number of aliphatic hydroxyl groups is 1. The van der Waals surface area contributed by atoms with E-state index in [1.807, 2.05) is 30.3 Å². The second-order valence-electron chi connectivity index (χ2n) is 6.43. The third-order valence-electron chi connectivity index (χ3n) is 4.17. The summed E-state index contributed by atoms with van der Waals surface area (Å²) in [6.07, 6.45) is -0.641. The zero-order valence-electron chi connectivity index (χ0n) is 15.5. The summed E-state index contributed by atoms with van der Waals surface area (Å²) < 4.78 is 4.68. The number of benzene rings is 2. The lowest BCUT2D eigenvalue weighted by Crippen LogP contribution is -2.47. The molecule has 156 valence electrons. The standard InChI is InChI=1S/C20H18ClN3O6/c21-15-3-1-2-14(8-15)13-6-4-12(5-7-13)10-24(11-16(25)19(27)28)23-18(26)17-9-22-20(29)30-17/h1-9,16,25H,10-11H2,(H,22,29)(H,23,26)(H,27,28). The SMILES string of the molecule is O=C(NN(Cc1ccc(-c2cccc(Cl)c2)cc1)CC(O)C(=O)O)c1c[nH]c(=O)o1. The molecule has 4 N–H and O–H groups in total. The number of hydrogen-bond acceptors (Lipinski definition) is 6. The number of aliphatic carboxylic acids is 1. The Morgan fingerprint density at radius 2 is 1.90 bits per heavy atom. The summed E-state index contributed by atoms with van der Waals surface area (Å²) in [5.74, 6) is -3.26. The number of oxazole rings is 1. The van der Waals surface area contributed by atoms with Gasteiger partial charge in [0.1, 0.15) is 0 Å². The predicted molar refractivity (Wildman–Crippen MR) is 108 cm³/mol. The number of aromatic nitrogens is 1. The number of amides is 1. The summed E-state index contributed by atoms with van der Waals surface area (Å²) in [6, 6.07) is 14.7. The van der Waals surface area contributed by atoms with Gasteiger partial charge in [-0.15, -0.1) is 0 Å². The van der Waals surface area contributed by atoms with Crippen molar-refractivity contribution in [2.45, 2.75) is 12.6 Å². The summed E-state index contributed by atoms with van der Waals surface area (Å²) in [5.41, 5.74) is 5.04. The monoisotopic (exact) mass is 431 g/mol. The van der Waals surface area contributed by atoms with Crippen LogP contribution in [-0.4, -0.2) is 44.7 Å². The van der Waals surface area contributed by atoms with Crippen molar-refractivity contribution >= 4 is 23.5 Å². The van der Waals surface area contributed by atoms with Crippen molar-refractivity contribution in [2.75, 3.05) is 6.54 Å². The van der Waals surface area contributed by atoms with Crippen molar-refractivity contribution in [2.24, 2.45) is 0 Å². The molecule has 2 aromatic carbocycles. The third kappa shape index (κ3) is 5.57. The van der Waals surface area contributed by atoms with Gasteiger partial charge in [-0.3, -0.25) is 15.2 Å². The molecule has 1 atom stereocenters. The maximum atomic E-state index is 12.2. The van der Waals surface area contributed by atoms with Gasteiger partial charge in [0.25, 0.3) is 0 Å². The summed E-state index contributed by atoms with van der Waals surface area (Å²) >= 11 is 6.02. The number of nitrogens with one attached hydrogen (secondary N) is 2. The van der Waals surface area contributed by atoms with Crippen LogP contribution in [0.1, 0.15) is 16.1 Å². The quantitative estimate of drug-likeness (QED) is 0.400. The van der Waals surface area contributed by atoms with Crippen LogP contribution in [0.25, 0.3) is 11.1 Å². The van der Waals surface area contributed by atoms with Crippen LogP contribution in [0.15, 0.2) is 63.9 Å². The summed E-state index contributed by atoms with van der Waals surface area (Å²) in [7, 11) is 0. The third-order valence-corrected chi connectivity index (χ3v) is 4.41. The topological polar surface area (TPSA) is 136 Å². The highest BCUT2D eigenvalue weighted by Gasteiger charge is 2.21. The normalized spacial score (nSPS) is 12.0. The van der Waals surface area contributed by atoms with E-state index < -0.39 is 23.7 Å². The lowest BCUT2D eigenvalue weighted by molar-refractivity contribution is -0.148. The number of carboxylic acids is 1. The number of rotatable bonds is 8. The average molecular weight is 432 g/mol. The van der Waals surface area contributed by atoms with Crippen LogP contribution in [0.2, 0.25) is 5.02 Å². The summed E-state index contributed by atoms with van der Waals surface area (Å²) in [6.45, 7) is -0.285. The molecule has 0 fully saturated rings. The second kappa shape index (κ2) is 9.40. The molecule has 3 rings (SSSR count). The molecule has 0 saturated carbocycles. The highest BCUT2D eigenvalue weighted by molar-refractivity contribution is 6.30. The van der Waals surface area contributed by atoms with Gasteiger partial charge in [-0.05, 0) is 28.8 Å². The number of carbonyl (C=O) groups is 2. The number of hydrogen-bond donors (Lipinski definition) is 4. The molecule has 0 radical (unpaired) electrons. The van der Waals surface area contributed by atoms with Gasteiger partial charge in [0.2, 0.25) is 5.76 Å². The first-order valence-corrected chi connectivity index (χ1v) is 9.20. The lowest BCUT2D eigenvalue weighted by atomic mass is 10.0. The van der Waals surface area contributed by atoms with E-state index in [0.717, 1.165) is 22.9 Å². The van der Waals surface area contributed by atoms with Crippen molar-refractivity contribution in [3.05, 3.63) is 81.6 Å². The molecular weight excluding hydrogens is 414 g/mol. The number of carboxylic acid groups (broad SMARTS) is 1. The molecule has 1 unspecified atom stereocenters. The van der Waals surface area contributed by atoms with E-state index in [1.54, 1.807) is 18.2 Å². The number of nitrogens with zero attached hydrogens (tertiary/aromatic N) is 1. The van der Waals surface area contributed by atoms with Gasteiger partial charge in [0, 0.05) is 11.6 Å². The first-order chi connectivity index (χ1) is 14.3. The smallest absolute Gasteiger partial charge is 0.416 e. The summed E-state index contributed by atoms with van der Waals surface area (Å²) in [5, 5.41) is 20.5. The molecule has 9 nitrogen and oxygen atoms in total. The molecule has 0 bridgehead atoms. The first kappa shape index (κ1) is 21.3. The van der Waals surface area contributed by atoms with Crippen molar-refractivity contribution in [3.8, 4) is 11.1 Å². The van der Waals surface area contributed by atoms with E-state index >= 15 is 0 Å². The van der Waals surface area contributed by atoms with Gasteiger partial charge in [-0.1, -0.05) is 48.0 Å². The molecule has 0 spiro atoms. The number of aliphatic hydroxyl groups excluding tert-OH is 1. The van der Waals surface area contributed by atoms with Crippen LogP contribution < -0.4 is 11.2 Å². The van der Waals surface area contributed by atoms with Crippen LogP contribution in [0, 0.1) is 0 Å². The molecule has 30 heavy (non-hydrogen) atoms. The van der Waals surface area contributed by atoms with E-state index in [4.69, 9.17) is 16.7 Å². The number of halogens is 1. The van der Waals surface area contributed by atoms with Gasteiger partial charge in [-0.2, -0.15) is 0 Å². The molecule has 3 aromatic rings. The Balaban J connectivity index is 1.75. The predicted octanol–water partition coefficient (Wildman–Crippen LogP) is 1.88. The van der Waals surface area contributed by atoms with Crippen molar-refractivity contribution < 1.29 is 24.2 Å². The fourth-order valence-corrected chi connectivity index (χ4v) is 2.91. The van der Waals surface area contributed by atoms with Gasteiger partial charge >= 0.3 is 17.6 Å². The fourth-order valence-electron chi connectivity index (χ4n) is 2.72. The van der Waals surface area contributed by atoms with Gasteiger partial charge in [-0.25, -0.2) is 14.6 Å². The largest absolute Gasteiger partial charge is 0.479 e. The molecule has 1 amide bonds. The Kier molecular flexibility index (Phi) is 6.68. The molecule has 1 aromatic heterocycles. The Hall–Kier alpha value is -3.40. The van der Waals surface area contributed by atoms with E-state index in [9.17, 15) is 19.5 Å². The molecule has 0 aliphatic rings. The van der Waals surface area contributed by atoms with E-state index in [0.29, 0.717) is 5.02 Å². The Labute approximate surface area is 175 Å². The molecule has 0 aliphatic heterocycles. The maximum absolute atomic E-state index is 12.2. The highest BCUT2D eigenvalue weighted by Crippen LogP contribution is 2.23. The van der Waals surface area contributed by atoms with Gasteiger partial charge in [0.05, 0.1) is 12.7 Å². The Morgan fingerprint density at radius 3 is 2.50 bits per heavy atom. The number of hydrazine groups is 1. The minimum atomic E-state index is -1.73. The van der Waals surface area contributed by atoms with Crippen LogP contribution in [0.3, 0.4) is 0 Å². The summed E-state index contributed by atoms with van der Waals surface area (Å²) in [4.78, 5) is 36.5. The number of aromatic amines is 1. The zero-order chi connectivity index (χ0) is 21.7. The molecule has 0 saturated heterocycles. The first-order valence-electron chi connectivity index (χ1n) is 8.82. The molecular formula is C20H18ClN3O6. The maximum Gasteiger partial charge on any atom is 0.416 e. The van der Waals surface area contributed by atoms with Crippen LogP contribution in [-0.2, 0) is 11.3 Å². The van der Waals surface area contributed by atoms with Crippen molar-refractivity contribution in [1.29, 1.82) is 0 Å². The zero-order valence-corrected chi connectivity index (χ0v) is 16.3. The van der Waals surface area contributed by atoms with E-state index in [2.05, 4.69) is 14.8 Å². The highest BCUT2D eigenvalue weighted by atomic mass is 35.5. The Morgan fingerprint density at radius 1 is 1.17 bits per heavy atom. The van der Waals surface area contributed by atoms with Crippen LogP contribution in [0.4, 0.5) is 0 Å². The number of carbonyl (C=O) groups excluding carboxylic acids is 1. The van der Waals surface area contributed by atoms with Crippen molar-refractivity contribution in [3.63, 3.8) is 0 Å². The average Bonchev–Trinajstić information content (AvgIpc) is 3.15. The van der Waals surface area contributed by atoms with E-state index in [-0.39, 0.29) is 18.8 Å². The van der Waals surface area contributed by atoms with Crippen molar-refractivity contribution in [1.82, 2.24) is 15.4 Å². The molecule has 1 heterocycles. The van der Waals surface area contributed by atoms with Gasteiger partial charge < -0.3 is 14.6 Å². The Bertz CT molecular complexity index is 1090. The van der Waals surface area contributed by atoms with E-state index in [1.165, 1.54) is 5.01 Å². The molecule has 10 heteroatoms. The fraction of sp³-hybridized carbons (Fsp3) is 0.150. The lowest BCUT2D eigenvalue weighted by Gasteiger charge is -2.24. The molecule has 0 aliphatic carbocycles. The number of H-pyrrole nitrogens is 1. The van der Waals surface area contributed by atoms with Crippen LogP contribution >= 0.6 is 11.6 Å². The van der Waals surface area contributed by atoms with Gasteiger partial charge in [0.15, 0.2) is 6.10 Å². The second-order valence-corrected chi connectivity index (χ2v) is 6.86. The minimum absolute atomic E-state index is 0.0978. The van der Waals surface area contributed by atoms with Crippen LogP contribution in [0.5, 0.6) is 0 Å². The minimum Gasteiger partial charge on any atom is -0.479 e.